The normalized spacial score (nSPS) is 11.6. The summed E-state index contributed by atoms with van der Waals surface area (Å²) in [6.07, 6.45) is 3.27. The Kier molecular flexibility index (Phi) is 4.46. The van der Waals surface area contributed by atoms with Crippen molar-refractivity contribution in [3.63, 3.8) is 0 Å². The SMILES string of the molecule is Cc1noc(C)c1-c1c(-c2ccc(O)cc2)c(-c2ccn(C)n2)n(C)c1/C=N/O. The van der Waals surface area contributed by atoms with Gasteiger partial charge in [0.2, 0.25) is 0 Å². The summed E-state index contributed by atoms with van der Waals surface area (Å²) in [7, 11) is 3.75. The second kappa shape index (κ2) is 6.97. The van der Waals surface area contributed by atoms with Gasteiger partial charge in [-0.05, 0) is 37.6 Å². The number of benzene rings is 1. The molecule has 8 nitrogen and oxygen atoms in total. The Morgan fingerprint density at radius 1 is 1.03 bits per heavy atom. The summed E-state index contributed by atoms with van der Waals surface area (Å²) >= 11 is 0. The van der Waals surface area contributed by atoms with Gasteiger partial charge >= 0.3 is 0 Å². The number of hydrogen-bond donors (Lipinski definition) is 2. The van der Waals surface area contributed by atoms with Gasteiger partial charge in [0.25, 0.3) is 0 Å². The van der Waals surface area contributed by atoms with Crippen LogP contribution in [-0.2, 0) is 14.1 Å². The lowest BCUT2D eigenvalue weighted by molar-refractivity contribution is 0.321. The maximum absolute atomic E-state index is 9.78. The lowest BCUT2D eigenvalue weighted by atomic mass is 9.93. The molecular formula is C21H21N5O3. The smallest absolute Gasteiger partial charge is 0.141 e. The summed E-state index contributed by atoms with van der Waals surface area (Å²) in [5, 5.41) is 31.1. The van der Waals surface area contributed by atoms with Crippen molar-refractivity contribution < 1.29 is 14.8 Å². The first-order valence-corrected chi connectivity index (χ1v) is 9.05. The van der Waals surface area contributed by atoms with Gasteiger partial charge in [0.1, 0.15) is 17.2 Å². The average molecular weight is 391 g/mol. The van der Waals surface area contributed by atoms with Crippen molar-refractivity contribution in [3.05, 3.63) is 53.7 Å². The minimum atomic E-state index is 0.181. The predicted octanol–water partition coefficient (Wildman–Crippen LogP) is 3.88. The summed E-state index contributed by atoms with van der Waals surface area (Å²) in [6, 6.07) is 8.90. The standard InChI is InChI=1S/C21H21N5O3/c1-12-18(13(2)29-24-12)20-17(11-22-28)26(4)21(16-9-10-25(3)23-16)19(20)14-5-7-15(27)8-6-14/h5-11,27-28H,1-4H3/b22-11+. The fraction of sp³-hybridized carbons (Fsp3) is 0.190. The third-order valence-electron chi connectivity index (χ3n) is 5.02. The van der Waals surface area contributed by atoms with Crippen molar-refractivity contribution in [3.8, 4) is 39.4 Å². The van der Waals surface area contributed by atoms with Crippen LogP contribution in [0.2, 0.25) is 0 Å². The van der Waals surface area contributed by atoms with E-state index in [1.807, 2.05) is 56.9 Å². The molecule has 4 aromatic rings. The van der Waals surface area contributed by atoms with Gasteiger partial charge in [-0.15, -0.1) is 0 Å². The molecule has 8 heteroatoms. The first-order valence-electron chi connectivity index (χ1n) is 9.05. The summed E-state index contributed by atoms with van der Waals surface area (Å²) in [6.45, 7) is 3.73. The summed E-state index contributed by atoms with van der Waals surface area (Å²) < 4.78 is 9.10. The van der Waals surface area contributed by atoms with Crippen LogP contribution in [0.15, 0.2) is 46.2 Å². The Morgan fingerprint density at radius 2 is 1.76 bits per heavy atom. The van der Waals surface area contributed by atoms with Gasteiger partial charge in [0.15, 0.2) is 0 Å². The fourth-order valence-electron chi connectivity index (χ4n) is 3.75. The van der Waals surface area contributed by atoms with Crippen LogP contribution in [0.1, 0.15) is 17.1 Å². The van der Waals surface area contributed by atoms with E-state index in [0.717, 1.165) is 39.3 Å². The second-order valence-corrected chi connectivity index (χ2v) is 6.91. The Balaban J connectivity index is 2.17. The molecule has 0 aliphatic heterocycles. The van der Waals surface area contributed by atoms with Crippen LogP contribution < -0.4 is 0 Å². The van der Waals surface area contributed by atoms with Gasteiger partial charge in [-0.1, -0.05) is 22.4 Å². The van der Waals surface area contributed by atoms with Crippen LogP contribution in [0, 0.1) is 13.8 Å². The second-order valence-electron chi connectivity index (χ2n) is 6.91. The van der Waals surface area contributed by atoms with Crippen LogP contribution >= 0.6 is 0 Å². The minimum absolute atomic E-state index is 0.181. The van der Waals surface area contributed by atoms with Crippen LogP contribution in [0.3, 0.4) is 0 Å². The number of rotatable bonds is 4. The number of hydrogen-bond acceptors (Lipinski definition) is 6. The van der Waals surface area contributed by atoms with E-state index in [2.05, 4.69) is 15.4 Å². The molecule has 0 atom stereocenters. The Hall–Kier alpha value is -3.81. The number of aromatic hydroxyl groups is 1. The highest BCUT2D eigenvalue weighted by molar-refractivity contribution is 6.03. The monoisotopic (exact) mass is 391 g/mol. The molecule has 0 saturated carbocycles. The van der Waals surface area contributed by atoms with Crippen LogP contribution in [0.5, 0.6) is 5.75 Å². The molecule has 148 valence electrons. The predicted molar refractivity (Wildman–Crippen MR) is 109 cm³/mol. The molecule has 0 fully saturated rings. The van der Waals surface area contributed by atoms with Crippen molar-refractivity contribution in [1.82, 2.24) is 19.5 Å². The molecule has 0 unspecified atom stereocenters. The fourth-order valence-corrected chi connectivity index (χ4v) is 3.75. The number of aromatic nitrogens is 4. The molecule has 0 spiro atoms. The summed E-state index contributed by atoms with van der Waals surface area (Å²) in [5.74, 6) is 0.841. The van der Waals surface area contributed by atoms with E-state index < -0.39 is 0 Å². The van der Waals surface area contributed by atoms with Gasteiger partial charge in [-0.3, -0.25) is 4.68 Å². The maximum atomic E-state index is 9.78. The van der Waals surface area contributed by atoms with Gasteiger partial charge in [-0.25, -0.2) is 0 Å². The van der Waals surface area contributed by atoms with E-state index in [9.17, 15) is 10.3 Å². The molecule has 0 amide bonds. The average Bonchev–Trinajstić information content (AvgIpc) is 3.34. The highest BCUT2D eigenvalue weighted by atomic mass is 16.5. The summed E-state index contributed by atoms with van der Waals surface area (Å²) in [5.41, 5.74) is 6.46. The zero-order valence-corrected chi connectivity index (χ0v) is 16.6. The molecule has 3 aromatic heterocycles. The molecule has 0 bridgehead atoms. The topological polar surface area (TPSA) is 102 Å². The molecule has 2 N–H and O–H groups in total. The molecule has 29 heavy (non-hydrogen) atoms. The van der Waals surface area contributed by atoms with Crippen molar-refractivity contribution in [2.24, 2.45) is 19.3 Å². The van der Waals surface area contributed by atoms with E-state index in [-0.39, 0.29) is 5.75 Å². The minimum Gasteiger partial charge on any atom is -0.508 e. The van der Waals surface area contributed by atoms with Crippen molar-refractivity contribution in [1.29, 1.82) is 0 Å². The zero-order chi connectivity index (χ0) is 20.7. The van der Waals surface area contributed by atoms with Crippen molar-refractivity contribution in [2.75, 3.05) is 0 Å². The van der Waals surface area contributed by atoms with Gasteiger partial charge < -0.3 is 19.4 Å². The van der Waals surface area contributed by atoms with E-state index in [1.165, 1.54) is 6.21 Å². The molecular weight excluding hydrogens is 370 g/mol. The first-order chi connectivity index (χ1) is 13.9. The first kappa shape index (κ1) is 18.5. The van der Waals surface area contributed by atoms with Gasteiger partial charge in [0.05, 0.1) is 28.9 Å². The van der Waals surface area contributed by atoms with Gasteiger partial charge in [0, 0.05) is 31.4 Å². The largest absolute Gasteiger partial charge is 0.508 e. The van der Waals surface area contributed by atoms with E-state index in [0.29, 0.717) is 11.5 Å². The molecule has 0 aliphatic carbocycles. The molecule has 1 aromatic carbocycles. The van der Waals surface area contributed by atoms with Crippen LogP contribution in [0.4, 0.5) is 0 Å². The van der Waals surface area contributed by atoms with Crippen molar-refractivity contribution >= 4 is 6.21 Å². The lowest BCUT2D eigenvalue weighted by Crippen LogP contribution is -2.00. The molecule has 4 rings (SSSR count). The van der Waals surface area contributed by atoms with Crippen LogP contribution in [0.25, 0.3) is 33.6 Å². The Morgan fingerprint density at radius 3 is 2.31 bits per heavy atom. The van der Waals surface area contributed by atoms with E-state index >= 15 is 0 Å². The van der Waals surface area contributed by atoms with E-state index in [1.54, 1.807) is 16.8 Å². The number of phenolic OH excluding ortho intramolecular Hbond substituents is 1. The Labute approximate surface area is 167 Å². The Bertz CT molecular complexity index is 1190. The highest BCUT2D eigenvalue weighted by Crippen LogP contribution is 2.45. The summed E-state index contributed by atoms with van der Waals surface area (Å²) in [4.78, 5) is 0. The maximum Gasteiger partial charge on any atom is 0.141 e. The highest BCUT2D eigenvalue weighted by Gasteiger charge is 2.28. The molecule has 0 aliphatic rings. The molecule has 3 heterocycles. The number of phenols is 1. The number of aryl methyl sites for hydroxylation is 3. The van der Waals surface area contributed by atoms with Gasteiger partial charge in [-0.2, -0.15) is 5.10 Å². The third kappa shape index (κ3) is 2.98. The number of nitrogens with zero attached hydrogens (tertiary/aromatic N) is 5. The quantitative estimate of drug-likeness (QED) is 0.312. The van der Waals surface area contributed by atoms with Crippen molar-refractivity contribution in [2.45, 2.75) is 13.8 Å². The number of oxime groups is 1. The zero-order valence-electron chi connectivity index (χ0n) is 16.6. The molecule has 0 radical (unpaired) electrons. The van der Waals surface area contributed by atoms with E-state index in [4.69, 9.17) is 4.52 Å². The lowest BCUT2D eigenvalue weighted by Gasteiger charge is -2.08. The molecule has 0 saturated heterocycles. The third-order valence-corrected chi connectivity index (χ3v) is 5.02. The van der Waals surface area contributed by atoms with Crippen LogP contribution in [-0.4, -0.2) is 36.0 Å².